The van der Waals surface area contributed by atoms with Gasteiger partial charge in [-0.1, -0.05) is 19.8 Å². The summed E-state index contributed by atoms with van der Waals surface area (Å²) in [5, 5.41) is 6.98. The number of thioether (sulfide) groups is 1. The van der Waals surface area contributed by atoms with Crippen molar-refractivity contribution in [2.45, 2.75) is 32.6 Å². The highest BCUT2D eigenvalue weighted by molar-refractivity contribution is 7.99. The molecule has 11 heavy (non-hydrogen) atoms. The third-order valence-electron chi connectivity index (χ3n) is 1.41. The van der Waals surface area contributed by atoms with Crippen LogP contribution in [0.1, 0.15) is 32.6 Å². The zero-order valence-electron chi connectivity index (χ0n) is 7.23. The van der Waals surface area contributed by atoms with Crippen LogP contribution in [0.5, 0.6) is 0 Å². The van der Waals surface area contributed by atoms with Gasteiger partial charge in [0.25, 0.3) is 0 Å². The van der Waals surface area contributed by atoms with Crippen molar-refractivity contribution >= 4 is 17.6 Å². The van der Waals surface area contributed by atoms with Crippen molar-refractivity contribution in [3.63, 3.8) is 0 Å². The lowest BCUT2D eigenvalue weighted by molar-refractivity contribution is 0.778. The summed E-state index contributed by atoms with van der Waals surface area (Å²) in [6.07, 6.45) is 4.66. The van der Waals surface area contributed by atoms with Gasteiger partial charge in [0.1, 0.15) is 0 Å². The number of rotatable bonds is 7. The second-order valence-corrected chi connectivity index (χ2v) is 3.82. The molecule has 0 atom stereocenters. The highest BCUT2D eigenvalue weighted by Gasteiger charge is 1.91. The van der Waals surface area contributed by atoms with E-state index in [0.29, 0.717) is 5.84 Å². The number of amidine groups is 1. The highest BCUT2D eigenvalue weighted by Crippen LogP contribution is 2.06. The van der Waals surface area contributed by atoms with Crippen LogP contribution in [0.25, 0.3) is 0 Å². The number of hydrogen-bond acceptors (Lipinski definition) is 2. The van der Waals surface area contributed by atoms with E-state index in [1.54, 1.807) is 0 Å². The molecular weight excluding hydrogens is 156 g/mol. The zero-order valence-corrected chi connectivity index (χ0v) is 8.04. The Labute approximate surface area is 73.4 Å². The Balaban J connectivity index is 2.85. The standard InChI is InChI=1S/C8H18N2S/c1-2-3-4-6-11-7-5-8(9)10/h2-7H2,1H3,(H3,9,10). The molecule has 0 aliphatic rings. The molecule has 0 aliphatic heterocycles. The van der Waals surface area contributed by atoms with E-state index in [-0.39, 0.29) is 0 Å². The van der Waals surface area contributed by atoms with Gasteiger partial charge in [0, 0.05) is 12.2 Å². The molecule has 0 aromatic heterocycles. The Morgan fingerprint density at radius 2 is 2.09 bits per heavy atom. The monoisotopic (exact) mass is 174 g/mol. The molecule has 66 valence electrons. The fraction of sp³-hybridized carbons (Fsp3) is 0.875. The van der Waals surface area contributed by atoms with Gasteiger partial charge < -0.3 is 5.73 Å². The molecule has 3 N–H and O–H groups in total. The van der Waals surface area contributed by atoms with Crippen molar-refractivity contribution in [2.75, 3.05) is 11.5 Å². The maximum atomic E-state index is 6.98. The molecule has 0 saturated heterocycles. The average Bonchev–Trinajstić information content (AvgIpc) is 1.96. The van der Waals surface area contributed by atoms with E-state index in [2.05, 4.69) is 6.92 Å². The van der Waals surface area contributed by atoms with Gasteiger partial charge in [-0.05, 0) is 12.2 Å². The smallest absolute Gasteiger partial charge is 0.0913 e. The van der Waals surface area contributed by atoms with Gasteiger partial charge in [-0.3, -0.25) is 5.41 Å². The Morgan fingerprint density at radius 1 is 1.36 bits per heavy atom. The van der Waals surface area contributed by atoms with E-state index in [4.69, 9.17) is 11.1 Å². The maximum Gasteiger partial charge on any atom is 0.0913 e. The van der Waals surface area contributed by atoms with Crippen LogP contribution in [0.15, 0.2) is 0 Å². The zero-order chi connectivity index (χ0) is 8.53. The number of unbranched alkanes of at least 4 members (excludes halogenated alkanes) is 2. The Morgan fingerprint density at radius 3 is 2.64 bits per heavy atom. The largest absolute Gasteiger partial charge is 0.388 e. The molecule has 0 spiro atoms. The first-order chi connectivity index (χ1) is 5.27. The molecule has 0 fully saturated rings. The van der Waals surface area contributed by atoms with E-state index in [9.17, 15) is 0 Å². The number of hydrogen-bond donors (Lipinski definition) is 2. The molecule has 0 aromatic carbocycles. The van der Waals surface area contributed by atoms with Crippen LogP contribution in [0, 0.1) is 5.41 Å². The normalized spacial score (nSPS) is 9.91. The third kappa shape index (κ3) is 9.82. The molecule has 0 heterocycles. The van der Waals surface area contributed by atoms with Crippen LogP contribution in [-0.2, 0) is 0 Å². The quantitative estimate of drug-likeness (QED) is 0.353. The number of nitrogens with two attached hydrogens (primary N) is 1. The van der Waals surface area contributed by atoms with Crippen molar-refractivity contribution in [3.05, 3.63) is 0 Å². The molecule has 0 aliphatic carbocycles. The molecule has 0 unspecified atom stereocenters. The first-order valence-electron chi connectivity index (χ1n) is 4.18. The predicted octanol–water partition coefficient (Wildman–Crippen LogP) is 2.24. The van der Waals surface area contributed by atoms with Crippen LogP contribution < -0.4 is 5.73 Å². The van der Waals surface area contributed by atoms with Gasteiger partial charge in [0.2, 0.25) is 0 Å². The molecular formula is C8H18N2S. The summed E-state index contributed by atoms with van der Waals surface area (Å²) < 4.78 is 0. The molecule has 0 bridgehead atoms. The highest BCUT2D eigenvalue weighted by atomic mass is 32.2. The molecule has 0 amide bonds. The van der Waals surface area contributed by atoms with Gasteiger partial charge in [-0.15, -0.1) is 0 Å². The fourth-order valence-electron chi connectivity index (χ4n) is 0.738. The molecule has 0 saturated carbocycles. The van der Waals surface area contributed by atoms with Crippen LogP contribution >= 0.6 is 11.8 Å². The van der Waals surface area contributed by atoms with E-state index < -0.39 is 0 Å². The van der Waals surface area contributed by atoms with E-state index in [0.717, 1.165) is 12.2 Å². The molecule has 3 heteroatoms. The average molecular weight is 174 g/mol. The second-order valence-electron chi connectivity index (χ2n) is 2.59. The van der Waals surface area contributed by atoms with Crippen LogP contribution in [0.3, 0.4) is 0 Å². The van der Waals surface area contributed by atoms with E-state index in [1.807, 2.05) is 11.8 Å². The SMILES string of the molecule is CCCCCSCCC(=N)N. The fourth-order valence-corrected chi connectivity index (χ4v) is 1.71. The lowest BCUT2D eigenvalue weighted by Crippen LogP contribution is -2.09. The first kappa shape index (κ1) is 10.8. The van der Waals surface area contributed by atoms with Crippen molar-refractivity contribution in [1.29, 1.82) is 5.41 Å². The Bertz CT molecular complexity index is 104. The predicted molar refractivity (Wildman–Crippen MR) is 53.4 cm³/mol. The van der Waals surface area contributed by atoms with Crippen molar-refractivity contribution in [2.24, 2.45) is 5.73 Å². The van der Waals surface area contributed by atoms with E-state index >= 15 is 0 Å². The van der Waals surface area contributed by atoms with Crippen molar-refractivity contribution in [1.82, 2.24) is 0 Å². The van der Waals surface area contributed by atoms with Crippen LogP contribution in [0.4, 0.5) is 0 Å². The summed E-state index contributed by atoms with van der Waals surface area (Å²) in [5.74, 6) is 2.55. The Kier molecular flexibility index (Phi) is 7.79. The topological polar surface area (TPSA) is 49.9 Å². The minimum Gasteiger partial charge on any atom is -0.388 e. The summed E-state index contributed by atoms with van der Waals surface area (Å²) in [6, 6.07) is 0. The molecule has 0 radical (unpaired) electrons. The minimum atomic E-state index is 0.313. The minimum absolute atomic E-state index is 0.313. The first-order valence-corrected chi connectivity index (χ1v) is 5.33. The summed E-state index contributed by atoms with van der Waals surface area (Å²) in [5.41, 5.74) is 5.20. The van der Waals surface area contributed by atoms with E-state index in [1.165, 1.54) is 25.0 Å². The lowest BCUT2D eigenvalue weighted by Gasteiger charge is -1.98. The lowest BCUT2D eigenvalue weighted by atomic mass is 10.3. The number of nitrogens with one attached hydrogen (secondary N) is 1. The van der Waals surface area contributed by atoms with Gasteiger partial charge >= 0.3 is 0 Å². The summed E-state index contributed by atoms with van der Waals surface area (Å²) in [4.78, 5) is 0. The third-order valence-corrected chi connectivity index (χ3v) is 2.48. The summed E-state index contributed by atoms with van der Waals surface area (Å²) in [6.45, 7) is 2.21. The van der Waals surface area contributed by atoms with Gasteiger partial charge in [-0.25, -0.2) is 0 Å². The summed E-state index contributed by atoms with van der Waals surface area (Å²) >= 11 is 1.90. The maximum absolute atomic E-state index is 6.98. The van der Waals surface area contributed by atoms with Gasteiger partial charge in [0.05, 0.1) is 5.84 Å². The van der Waals surface area contributed by atoms with Crippen molar-refractivity contribution < 1.29 is 0 Å². The molecule has 0 rings (SSSR count). The molecule has 2 nitrogen and oxygen atoms in total. The summed E-state index contributed by atoms with van der Waals surface area (Å²) in [7, 11) is 0. The molecule has 0 aromatic rings. The van der Waals surface area contributed by atoms with Crippen LogP contribution in [0.2, 0.25) is 0 Å². The van der Waals surface area contributed by atoms with Crippen molar-refractivity contribution in [3.8, 4) is 0 Å². The van der Waals surface area contributed by atoms with Crippen LogP contribution in [-0.4, -0.2) is 17.3 Å². The van der Waals surface area contributed by atoms with Gasteiger partial charge in [0.15, 0.2) is 0 Å². The Hall–Kier alpha value is -0.180. The van der Waals surface area contributed by atoms with Gasteiger partial charge in [-0.2, -0.15) is 11.8 Å². The second kappa shape index (κ2) is 7.92.